The van der Waals surface area contributed by atoms with Crippen LogP contribution in [0.25, 0.3) is 0 Å². The van der Waals surface area contributed by atoms with Gasteiger partial charge < -0.3 is 0 Å². The molecule has 0 saturated heterocycles. The van der Waals surface area contributed by atoms with Gasteiger partial charge in [-0.05, 0) is 41.7 Å². The van der Waals surface area contributed by atoms with Crippen LogP contribution < -0.4 is 0 Å². The summed E-state index contributed by atoms with van der Waals surface area (Å²) in [6, 6.07) is 9.31. The molecule has 0 N–H and O–H groups in total. The smallest absolute Gasteiger partial charge is 0.0103 e. The van der Waals surface area contributed by atoms with Gasteiger partial charge in [0.2, 0.25) is 0 Å². The third kappa shape index (κ3) is 3.13. The van der Waals surface area contributed by atoms with Crippen LogP contribution in [0.15, 0.2) is 24.3 Å². The van der Waals surface area contributed by atoms with Gasteiger partial charge in [0.05, 0.1) is 0 Å². The van der Waals surface area contributed by atoms with E-state index in [0.717, 1.165) is 17.2 Å². The second-order valence-corrected chi connectivity index (χ2v) is 6.27. The van der Waals surface area contributed by atoms with Gasteiger partial charge in [-0.2, -0.15) is 0 Å². The highest BCUT2D eigenvalue weighted by atomic mass is 79.9. The Morgan fingerprint density at radius 2 is 1.59 bits per heavy atom. The number of benzene rings is 1. The van der Waals surface area contributed by atoms with E-state index in [-0.39, 0.29) is 0 Å². The van der Waals surface area contributed by atoms with Crippen LogP contribution in [0.4, 0.5) is 0 Å². The molecule has 1 fully saturated rings. The van der Waals surface area contributed by atoms with Gasteiger partial charge in [-0.15, -0.1) is 0 Å². The summed E-state index contributed by atoms with van der Waals surface area (Å²) in [4.78, 5) is 0. The Bertz CT molecular complexity index is 333. The van der Waals surface area contributed by atoms with E-state index in [9.17, 15) is 0 Å². The molecule has 0 spiro atoms. The molecule has 94 valence electrons. The van der Waals surface area contributed by atoms with Crippen LogP contribution in [-0.4, -0.2) is 5.33 Å². The normalized spacial score (nSPS) is 18.8. The highest BCUT2D eigenvalue weighted by molar-refractivity contribution is 9.09. The Kier molecular flexibility index (Phi) is 4.67. The van der Waals surface area contributed by atoms with E-state index in [4.69, 9.17) is 0 Å². The van der Waals surface area contributed by atoms with Gasteiger partial charge in [0.15, 0.2) is 0 Å². The molecule has 0 nitrogen and oxygen atoms in total. The molecule has 17 heavy (non-hydrogen) atoms. The molecule has 1 aromatic rings. The highest BCUT2D eigenvalue weighted by Gasteiger charge is 2.25. The van der Waals surface area contributed by atoms with Crippen molar-refractivity contribution in [2.24, 2.45) is 5.92 Å². The molecule has 1 aromatic carbocycles. The zero-order valence-corrected chi connectivity index (χ0v) is 12.5. The highest BCUT2D eigenvalue weighted by Crippen LogP contribution is 2.38. The average molecular weight is 295 g/mol. The van der Waals surface area contributed by atoms with Gasteiger partial charge in [-0.25, -0.2) is 0 Å². The molecule has 0 bridgehead atoms. The maximum atomic E-state index is 3.71. The first kappa shape index (κ1) is 13.1. The van der Waals surface area contributed by atoms with Crippen molar-refractivity contribution in [2.75, 3.05) is 5.33 Å². The molecule has 0 amide bonds. The van der Waals surface area contributed by atoms with Crippen LogP contribution in [0.5, 0.6) is 0 Å². The zero-order valence-electron chi connectivity index (χ0n) is 11.0. The van der Waals surface area contributed by atoms with Gasteiger partial charge in [-0.1, -0.05) is 66.9 Å². The fourth-order valence-corrected chi connectivity index (χ4v) is 3.88. The van der Waals surface area contributed by atoms with Crippen LogP contribution in [-0.2, 0) is 0 Å². The van der Waals surface area contributed by atoms with Gasteiger partial charge in [-0.3, -0.25) is 0 Å². The van der Waals surface area contributed by atoms with Crippen molar-refractivity contribution in [1.29, 1.82) is 0 Å². The maximum Gasteiger partial charge on any atom is 0.0103 e. The van der Waals surface area contributed by atoms with Crippen molar-refractivity contribution in [1.82, 2.24) is 0 Å². The van der Waals surface area contributed by atoms with Crippen molar-refractivity contribution >= 4 is 15.9 Å². The van der Waals surface area contributed by atoms with Crippen LogP contribution in [0.2, 0.25) is 0 Å². The van der Waals surface area contributed by atoms with E-state index in [0.29, 0.717) is 5.92 Å². The second-order valence-electron chi connectivity index (χ2n) is 5.63. The van der Waals surface area contributed by atoms with Crippen LogP contribution in [0, 0.1) is 5.92 Å². The lowest BCUT2D eigenvalue weighted by Gasteiger charge is -2.22. The second kappa shape index (κ2) is 6.04. The summed E-state index contributed by atoms with van der Waals surface area (Å²) in [7, 11) is 0. The molecule has 1 aliphatic rings. The number of hydrogen-bond acceptors (Lipinski definition) is 0. The Labute approximate surface area is 114 Å². The molecule has 1 saturated carbocycles. The average Bonchev–Trinajstić information content (AvgIpc) is 2.84. The number of hydrogen-bond donors (Lipinski definition) is 0. The van der Waals surface area contributed by atoms with Gasteiger partial charge in [0.1, 0.15) is 0 Å². The van der Waals surface area contributed by atoms with E-state index in [1.807, 2.05) is 0 Å². The molecular weight excluding hydrogens is 272 g/mol. The molecular formula is C16H23Br. The number of halogens is 1. The predicted molar refractivity (Wildman–Crippen MR) is 79.0 cm³/mol. The quantitative estimate of drug-likeness (QED) is 0.645. The summed E-state index contributed by atoms with van der Waals surface area (Å²) in [5, 5.41) is 1.11. The Morgan fingerprint density at radius 1 is 1.06 bits per heavy atom. The number of alkyl halides is 1. The number of rotatable bonds is 4. The van der Waals surface area contributed by atoms with Crippen molar-refractivity contribution in [3.8, 4) is 0 Å². The predicted octanol–water partition coefficient (Wildman–Crippen LogP) is 5.48. The lowest BCUT2D eigenvalue weighted by molar-refractivity contribution is 0.468. The van der Waals surface area contributed by atoms with Gasteiger partial charge in [0, 0.05) is 5.33 Å². The fraction of sp³-hybridized carbons (Fsp3) is 0.625. The first-order chi connectivity index (χ1) is 8.22. The molecule has 1 unspecified atom stereocenters. The molecule has 2 rings (SSSR count). The van der Waals surface area contributed by atoms with Crippen molar-refractivity contribution < 1.29 is 0 Å². The fourth-order valence-electron chi connectivity index (χ4n) is 2.98. The van der Waals surface area contributed by atoms with Crippen LogP contribution in [0.3, 0.4) is 0 Å². The first-order valence-electron chi connectivity index (χ1n) is 6.88. The minimum absolute atomic E-state index is 0.637. The van der Waals surface area contributed by atoms with Crippen molar-refractivity contribution in [3.63, 3.8) is 0 Å². The summed E-state index contributed by atoms with van der Waals surface area (Å²) in [5.74, 6) is 2.26. The largest absolute Gasteiger partial charge is 0.0921 e. The minimum Gasteiger partial charge on any atom is -0.0921 e. The van der Waals surface area contributed by atoms with E-state index >= 15 is 0 Å². The van der Waals surface area contributed by atoms with Crippen LogP contribution >= 0.6 is 15.9 Å². The lowest BCUT2D eigenvalue weighted by Crippen LogP contribution is -2.11. The van der Waals surface area contributed by atoms with Gasteiger partial charge in [0.25, 0.3) is 0 Å². The summed E-state index contributed by atoms with van der Waals surface area (Å²) in [6.07, 6.45) is 5.70. The third-order valence-corrected chi connectivity index (χ3v) is 4.86. The molecule has 0 aliphatic heterocycles. The van der Waals surface area contributed by atoms with E-state index in [1.165, 1.54) is 36.8 Å². The Balaban J connectivity index is 2.13. The van der Waals surface area contributed by atoms with E-state index in [1.54, 1.807) is 0 Å². The molecule has 1 atom stereocenters. The summed E-state index contributed by atoms with van der Waals surface area (Å²) < 4.78 is 0. The minimum atomic E-state index is 0.637. The monoisotopic (exact) mass is 294 g/mol. The summed E-state index contributed by atoms with van der Waals surface area (Å²) >= 11 is 3.71. The third-order valence-electron chi connectivity index (χ3n) is 4.17. The SMILES string of the molecule is CC(C)c1ccc(C(CBr)C2CCCC2)cc1. The summed E-state index contributed by atoms with van der Waals surface area (Å²) in [5.41, 5.74) is 2.98. The Hall–Kier alpha value is -0.300. The zero-order chi connectivity index (χ0) is 12.3. The Morgan fingerprint density at radius 3 is 2.06 bits per heavy atom. The van der Waals surface area contributed by atoms with Gasteiger partial charge >= 0.3 is 0 Å². The van der Waals surface area contributed by atoms with Crippen molar-refractivity contribution in [2.45, 2.75) is 51.4 Å². The first-order valence-corrected chi connectivity index (χ1v) is 8.00. The molecule has 1 heteroatoms. The van der Waals surface area contributed by atoms with Crippen molar-refractivity contribution in [3.05, 3.63) is 35.4 Å². The summed E-state index contributed by atoms with van der Waals surface area (Å²) in [6.45, 7) is 4.52. The topological polar surface area (TPSA) is 0 Å². The maximum absolute atomic E-state index is 3.71. The van der Waals surface area contributed by atoms with E-state index < -0.39 is 0 Å². The molecule has 0 radical (unpaired) electrons. The molecule has 1 aliphatic carbocycles. The molecule has 0 aromatic heterocycles. The van der Waals surface area contributed by atoms with Crippen LogP contribution in [0.1, 0.15) is 62.5 Å². The van der Waals surface area contributed by atoms with E-state index in [2.05, 4.69) is 54.0 Å². The molecule has 0 heterocycles. The lowest BCUT2D eigenvalue weighted by atomic mass is 9.85. The standard InChI is InChI=1S/C16H23Br/c1-12(2)13-7-9-15(10-8-13)16(11-17)14-5-3-4-6-14/h7-10,12,14,16H,3-6,11H2,1-2H3.